The van der Waals surface area contributed by atoms with Crippen LogP contribution in [-0.4, -0.2) is 14.5 Å². The summed E-state index contributed by atoms with van der Waals surface area (Å²) in [5.74, 6) is -1.63. The number of benzene rings is 2. The van der Waals surface area contributed by atoms with Gasteiger partial charge in [0.05, 0.1) is 6.10 Å². The van der Waals surface area contributed by atoms with E-state index in [-0.39, 0.29) is 11.8 Å². The topological polar surface area (TPSA) is 55.4 Å². The Kier molecular flexibility index (Phi) is 4.71. The van der Waals surface area contributed by atoms with Crippen molar-refractivity contribution in [3.63, 3.8) is 0 Å². The largest absolute Gasteiger partial charge is 0.490 e. The lowest BCUT2D eigenvalue weighted by Crippen LogP contribution is -2.16. The molecule has 0 aromatic heterocycles. The maximum Gasteiger partial charge on any atom is 0.267 e. The first-order valence-electron chi connectivity index (χ1n) is 7.69. The second-order valence-corrected chi connectivity index (χ2v) is 7.32. The zero-order valence-corrected chi connectivity index (χ0v) is 13.7. The number of ether oxygens (including phenoxy) is 1. The van der Waals surface area contributed by atoms with Crippen molar-refractivity contribution in [3.05, 3.63) is 54.1 Å². The molecule has 1 aliphatic carbocycles. The predicted octanol–water partition coefficient (Wildman–Crippen LogP) is 4.09. The zero-order valence-electron chi connectivity index (χ0n) is 12.8. The van der Waals surface area contributed by atoms with Gasteiger partial charge in [0.15, 0.2) is 4.90 Å². The molecule has 0 saturated heterocycles. The maximum absolute atomic E-state index is 13.7. The third kappa shape index (κ3) is 3.67. The summed E-state index contributed by atoms with van der Waals surface area (Å²) in [7, 11) is -4.35. The van der Waals surface area contributed by atoms with E-state index in [1.54, 1.807) is 12.1 Å². The molecule has 3 rings (SSSR count). The molecule has 0 radical (unpaired) electrons. The summed E-state index contributed by atoms with van der Waals surface area (Å²) in [6.45, 7) is 0. The van der Waals surface area contributed by atoms with Crippen LogP contribution in [0.1, 0.15) is 25.7 Å². The molecule has 0 amide bonds. The van der Waals surface area contributed by atoms with Crippen molar-refractivity contribution in [1.82, 2.24) is 0 Å². The number of halogens is 2. The van der Waals surface area contributed by atoms with Crippen molar-refractivity contribution in [2.45, 2.75) is 36.7 Å². The molecule has 1 fully saturated rings. The van der Waals surface area contributed by atoms with Gasteiger partial charge in [-0.15, -0.1) is 0 Å². The van der Waals surface area contributed by atoms with Crippen molar-refractivity contribution in [2.75, 3.05) is 4.72 Å². The van der Waals surface area contributed by atoms with E-state index in [9.17, 15) is 17.2 Å². The van der Waals surface area contributed by atoms with Gasteiger partial charge in [-0.2, -0.15) is 0 Å². The number of nitrogens with one attached hydrogen (secondary N) is 1. The van der Waals surface area contributed by atoms with Crippen LogP contribution in [0.25, 0.3) is 0 Å². The van der Waals surface area contributed by atoms with E-state index < -0.39 is 26.6 Å². The highest BCUT2D eigenvalue weighted by Crippen LogP contribution is 2.26. The molecule has 0 bridgehead atoms. The fourth-order valence-corrected chi connectivity index (χ4v) is 3.94. The molecule has 0 unspecified atom stereocenters. The minimum absolute atomic E-state index is 0.194. The van der Waals surface area contributed by atoms with Crippen LogP contribution in [0.5, 0.6) is 5.75 Å². The normalized spacial score (nSPS) is 15.4. The average Bonchev–Trinajstić information content (AvgIpc) is 3.01. The van der Waals surface area contributed by atoms with E-state index in [1.807, 2.05) is 0 Å². The highest BCUT2D eigenvalue weighted by molar-refractivity contribution is 7.92. The molecule has 1 N–H and O–H groups in total. The second-order valence-electron chi connectivity index (χ2n) is 5.70. The van der Waals surface area contributed by atoms with E-state index in [0.29, 0.717) is 5.75 Å². The molecule has 0 spiro atoms. The van der Waals surface area contributed by atoms with Gasteiger partial charge in [-0.25, -0.2) is 17.2 Å². The minimum atomic E-state index is -4.35. The van der Waals surface area contributed by atoms with Gasteiger partial charge < -0.3 is 4.74 Å². The molecule has 0 atom stereocenters. The first-order valence-corrected chi connectivity index (χ1v) is 9.17. The van der Waals surface area contributed by atoms with Gasteiger partial charge in [-0.1, -0.05) is 6.07 Å². The SMILES string of the molecule is O=S(=O)(Nc1ccc(OC2CCCC2)cc1)c1c(F)cccc1F. The quantitative estimate of drug-likeness (QED) is 0.881. The molecule has 24 heavy (non-hydrogen) atoms. The third-order valence-corrected chi connectivity index (χ3v) is 5.33. The summed E-state index contributed by atoms with van der Waals surface area (Å²) in [5, 5.41) is 0. The van der Waals surface area contributed by atoms with Gasteiger partial charge >= 0.3 is 0 Å². The lowest BCUT2D eigenvalue weighted by molar-refractivity contribution is 0.210. The van der Waals surface area contributed by atoms with E-state index in [0.717, 1.165) is 43.9 Å². The summed E-state index contributed by atoms with van der Waals surface area (Å²) < 4.78 is 59.7. The summed E-state index contributed by atoms with van der Waals surface area (Å²) in [6, 6.07) is 9.17. The van der Waals surface area contributed by atoms with E-state index in [1.165, 1.54) is 12.1 Å². The van der Waals surface area contributed by atoms with Gasteiger partial charge in [0.2, 0.25) is 0 Å². The van der Waals surface area contributed by atoms with E-state index in [4.69, 9.17) is 4.74 Å². The van der Waals surface area contributed by atoms with Crippen LogP contribution in [0.2, 0.25) is 0 Å². The molecule has 0 heterocycles. The van der Waals surface area contributed by atoms with Gasteiger partial charge in [-0.3, -0.25) is 4.72 Å². The van der Waals surface area contributed by atoms with Crippen molar-refractivity contribution in [2.24, 2.45) is 0 Å². The van der Waals surface area contributed by atoms with Crippen LogP contribution in [0, 0.1) is 11.6 Å². The Morgan fingerprint density at radius 2 is 1.54 bits per heavy atom. The van der Waals surface area contributed by atoms with Crippen LogP contribution >= 0.6 is 0 Å². The zero-order chi connectivity index (χ0) is 17.2. The van der Waals surface area contributed by atoms with Gasteiger partial charge in [-0.05, 0) is 62.1 Å². The number of rotatable bonds is 5. The molecule has 0 aliphatic heterocycles. The standard InChI is InChI=1S/C17H17F2NO3S/c18-15-6-3-7-16(19)17(15)24(21,22)20-12-8-10-14(11-9-12)23-13-4-1-2-5-13/h3,6-11,13,20H,1-2,4-5H2. The summed E-state index contributed by atoms with van der Waals surface area (Å²) in [5.41, 5.74) is 0.205. The Morgan fingerprint density at radius 1 is 0.958 bits per heavy atom. The Labute approximate surface area is 139 Å². The molecule has 7 heteroatoms. The summed E-state index contributed by atoms with van der Waals surface area (Å²) >= 11 is 0. The maximum atomic E-state index is 13.7. The molecule has 2 aromatic carbocycles. The van der Waals surface area contributed by atoms with Crippen molar-refractivity contribution < 1.29 is 21.9 Å². The number of sulfonamides is 1. The Balaban J connectivity index is 1.75. The van der Waals surface area contributed by atoms with Gasteiger partial charge in [0.25, 0.3) is 10.0 Å². The lowest BCUT2D eigenvalue weighted by Gasteiger charge is -2.14. The van der Waals surface area contributed by atoms with Crippen LogP contribution in [0.15, 0.2) is 47.4 Å². The summed E-state index contributed by atoms with van der Waals surface area (Å²) in [4.78, 5) is -0.990. The van der Waals surface area contributed by atoms with E-state index in [2.05, 4.69) is 4.72 Å². The minimum Gasteiger partial charge on any atom is -0.490 e. The first-order chi connectivity index (χ1) is 11.5. The van der Waals surface area contributed by atoms with Crippen LogP contribution in [0.3, 0.4) is 0 Å². The lowest BCUT2D eigenvalue weighted by atomic mass is 10.3. The molecular formula is C17H17F2NO3S. The second kappa shape index (κ2) is 6.76. The molecule has 128 valence electrons. The fraction of sp³-hybridized carbons (Fsp3) is 0.294. The van der Waals surface area contributed by atoms with Gasteiger partial charge in [0.1, 0.15) is 17.4 Å². The molecule has 2 aromatic rings. The molecule has 1 aliphatic rings. The van der Waals surface area contributed by atoms with E-state index >= 15 is 0 Å². The first kappa shape index (κ1) is 16.7. The van der Waals surface area contributed by atoms with Crippen molar-refractivity contribution in [3.8, 4) is 5.75 Å². The highest BCUT2D eigenvalue weighted by Gasteiger charge is 2.24. The Morgan fingerprint density at radius 3 is 2.12 bits per heavy atom. The highest BCUT2D eigenvalue weighted by atomic mass is 32.2. The predicted molar refractivity (Wildman–Crippen MR) is 86.5 cm³/mol. The molecule has 1 saturated carbocycles. The van der Waals surface area contributed by atoms with Crippen LogP contribution < -0.4 is 9.46 Å². The third-order valence-electron chi connectivity index (χ3n) is 3.90. The number of hydrogen-bond donors (Lipinski definition) is 1. The monoisotopic (exact) mass is 353 g/mol. The Bertz CT molecular complexity index is 796. The van der Waals surface area contributed by atoms with Crippen molar-refractivity contribution in [1.29, 1.82) is 0 Å². The van der Waals surface area contributed by atoms with Gasteiger partial charge in [0, 0.05) is 5.69 Å². The average molecular weight is 353 g/mol. The smallest absolute Gasteiger partial charge is 0.267 e. The Hall–Kier alpha value is -2.15. The molecule has 4 nitrogen and oxygen atoms in total. The van der Waals surface area contributed by atoms with Crippen LogP contribution in [0.4, 0.5) is 14.5 Å². The summed E-state index contributed by atoms with van der Waals surface area (Å²) in [6.07, 6.45) is 4.52. The van der Waals surface area contributed by atoms with Crippen molar-refractivity contribution >= 4 is 15.7 Å². The number of anilines is 1. The fourth-order valence-electron chi connectivity index (χ4n) is 2.75. The molecular weight excluding hydrogens is 336 g/mol. The number of hydrogen-bond acceptors (Lipinski definition) is 3. The van der Waals surface area contributed by atoms with Crippen LogP contribution in [-0.2, 0) is 10.0 Å².